The third-order valence-corrected chi connectivity index (χ3v) is 2.51. The molecule has 0 aliphatic heterocycles. The molecule has 0 aromatic carbocycles. The SMILES string of the molecule is CNC(=O)CCN(C)C(=O)C(N)CCCOC. The van der Waals surface area contributed by atoms with Gasteiger partial charge in [-0.05, 0) is 12.8 Å². The summed E-state index contributed by atoms with van der Waals surface area (Å²) < 4.78 is 4.89. The zero-order chi connectivity index (χ0) is 13.3. The van der Waals surface area contributed by atoms with Crippen LogP contribution < -0.4 is 11.1 Å². The van der Waals surface area contributed by atoms with E-state index in [0.29, 0.717) is 26.0 Å². The number of hydrogen-bond acceptors (Lipinski definition) is 4. The second kappa shape index (κ2) is 8.95. The molecule has 6 nitrogen and oxygen atoms in total. The second-order valence-electron chi connectivity index (χ2n) is 3.92. The Kier molecular flexibility index (Phi) is 8.35. The number of nitrogens with one attached hydrogen (secondary N) is 1. The van der Waals surface area contributed by atoms with Crippen molar-refractivity contribution in [1.29, 1.82) is 0 Å². The van der Waals surface area contributed by atoms with E-state index in [0.717, 1.165) is 6.42 Å². The van der Waals surface area contributed by atoms with Crippen LogP contribution in [-0.4, -0.2) is 57.1 Å². The first-order chi connectivity index (χ1) is 8.02. The molecule has 0 saturated heterocycles. The average molecular weight is 245 g/mol. The molecule has 0 aromatic heterocycles. The third kappa shape index (κ3) is 6.91. The van der Waals surface area contributed by atoms with E-state index in [-0.39, 0.29) is 11.8 Å². The van der Waals surface area contributed by atoms with Gasteiger partial charge in [-0.15, -0.1) is 0 Å². The predicted molar refractivity (Wildman–Crippen MR) is 65.4 cm³/mol. The maximum absolute atomic E-state index is 11.8. The van der Waals surface area contributed by atoms with E-state index in [1.54, 1.807) is 21.2 Å². The Bertz CT molecular complexity index is 246. The lowest BCUT2D eigenvalue weighted by molar-refractivity contribution is -0.132. The van der Waals surface area contributed by atoms with Gasteiger partial charge in [0.15, 0.2) is 0 Å². The van der Waals surface area contributed by atoms with E-state index < -0.39 is 6.04 Å². The Morgan fingerprint density at radius 2 is 2.12 bits per heavy atom. The summed E-state index contributed by atoms with van der Waals surface area (Å²) in [5, 5.41) is 2.51. The Labute approximate surface area is 102 Å². The zero-order valence-electron chi connectivity index (χ0n) is 10.9. The first-order valence-corrected chi connectivity index (χ1v) is 5.73. The lowest BCUT2D eigenvalue weighted by Crippen LogP contribution is -2.43. The Morgan fingerprint density at radius 3 is 2.65 bits per heavy atom. The second-order valence-corrected chi connectivity index (χ2v) is 3.92. The highest BCUT2D eigenvalue weighted by molar-refractivity contribution is 5.82. The van der Waals surface area contributed by atoms with Crippen molar-refractivity contribution >= 4 is 11.8 Å². The van der Waals surface area contributed by atoms with Crippen LogP contribution in [0.5, 0.6) is 0 Å². The van der Waals surface area contributed by atoms with Crippen molar-refractivity contribution in [2.45, 2.75) is 25.3 Å². The van der Waals surface area contributed by atoms with Gasteiger partial charge in [0.25, 0.3) is 0 Å². The zero-order valence-corrected chi connectivity index (χ0v) is 10.9. The van der Waals surface area contributed by atoms with E-state index in [4.69, 9.17) is 10.5 Å². The molecule has 0 radical (unpaired) electrons. The lowest BCUT2D eigenvalue weighted by Gasteiger charge is -2.20. The molecule has 1 atom stereocenters. The standard InChI is InChI=1S/C11H23N3O3/c1-13-10(15)6-7-14(2)11(16)9(12)5-4-8-17-3/h9H,4-8,12H2,1-3H3,(H,13,15). The number of carbonyl (C=O) groups excluding carboxylic acids is 2. The number of rotatable bonds is 8. The summed E-state index contributed by atoms with van der Waals surface area (Å²) in [7, 11) is 4.84. The minimum atomic E-state index is -0.514. The van der Waals surface area contributed by atoms with Gasteiger partial charge in [0.05, 0.1) is 6.04 Å². The smallest absolute Gasteiger partial charge is 0.239 e. The molecule has 0 rings (SSSR count). The van der Waals surface area contributed by atoms with Crippen LogP contribution in [0.25, 0.3) is 0 Å². The van der Waals surface area contributed by atoms with Crippen LogP contribution in [0.1, 0.15) is 19.3 Å². The maximum atomic E-state index is 11.8. The van der Waals surface area contributed by atoms with Crippen molar-refractivity contribution < 1.29 is 14.3 Å². The number of ether oxygens (including phenoxy) is 1. The Morgan fingerprint density at radius 1 is 1.47 bits per heavy atom. The molecule has 0 aliphatic rings. The highest BCUT2D eigenvalue weighted by Gasteiger charge is 2.17. The highest BCUT2D eigenvalue weighted by atomic mass is 16.5. The van der Waals surface area contributed by atoms with Crippen LogP contribution >= 0.6 is 0 Å². The van der Waals surface area contributed by atoms with Crippen molar-refractivity contribution in [3.8, 4) is 0 Å². The van der Waals surface area contributed by atoms with E-state index in [1.165, 1.54) is 4.90 Å². The largest absolute Gasteiger partial charge is 0.385 e. The molecule has 0 fully saturated rings. The summed E-state index contributed by atoms with van der Waals surface area (Å²) in [6.07, 6.45) is 1.65. The van der Waals surface area contributed by atoms with Gasteiger partial charge in [0.2, 0.25) is 11.8 Å². The fourth-order valence-electron chi connectivity index (χ4n) is 1.36. The van der Waals surface area contributed by atoms with Crippen LogP contribution in [-0.2, 0) is 14.3 Å². The fourth-order valence-corrected chi connectivity index (χ4v) is 1.36. The summed E-state index contributed by atoms with van der Waals surface area (Å²) in [4.78, 5) is 24.3. The van der Waals surface area contributed by atoms with Gasteiger partial charge >= 0.3 is 0 Å². The van der Waals surface area contributed by atoms with Crippen molar-refractivity contribution in [2.24, 2.45) is 5.73 Å². The van der Waals surface area contributed by atoms with Crippen molar-refractivity contribution in [3.63, 3.8) is 0 Å². The number of nitrogens with zero attached hydrogens (tertiary/aromatic N) is 1. The molecule has 0 saturated carbocycles. The van der Waals surface area contributed by atoms with Gasteiger partial charge in [-0.25, -0.2) is 0 Å². The number of carbonyl (C=O) groups is 2. The van der Waals surface area contributed by atoms with Gasteiger partial charge in [-0.1, -0.05) is 0 Å². The topological polar surface area (TPSA) is 84.7 Å². The number of likely N-dealkylation sites (N-methyl/N-ethyl adjacent to an activating group) is 1. The van der Waals surface area contributed by atoms with E-state index in [9.17, 15) is 9.59 Å². The molecule has 1 unspecified atom stereocenters. The number of methoxy groups -OCH3 is 1. The quantitative estimate of drug-likeness (QED) is 0.556. The molecular weight excluding hydrogens is 222 g/mol. The first kappa shape index (κ1) is 15.9. The first-order valence-electron chi connectivity index (χ1n) is 5.73. The van der Waals surface area contributed by atoms with E-state index in [2.05, 4.69) is 5.32 Å². The molecule has 0 aliphatic carbocycles. The summed E-state index contributed by atoms with van der Waals surface area (Å²) in [5.74, 6) is -0.220. The van der Waals surface area contributed by atoms with Crippen LogP contribution in [0.15, 0.2) is 0 Å². The number of amides is 2. The van der Waals surface area contributed by atoms with Gasteiger partial charge < -0.3 is 20.7 Å². The van der Waals surface area contributed by atoms with Crippen LogP contribution in [0, 0.1) is 0 Å². The molecular formula is C11H23N3O3. The molecule has 6 heteroatoms. The van der Waals surface area contributed by atoms with Gasteiger partial charge in [0, 0.05) is 40.8 Å². The van der Waals surface area contributed by atoms with Gasteiger partial charge in [0.1, 0.15) is 0 Å². The highest BCUT2D eigenvalue weighted by Crippen LogP contribution is 2.00. The molecule has 2 amide bonds. The van der Waals surface area contributed by atoms with Crippen molar-refractivity contribution in [1.82, 2.24) is 10.2 Å². The minimum absolute atomic E-state index is 0.0856. The summed E-state index contributed by atoms with van der Waals surface area (Å²) in [6, 6.07) is -0.514. The minimum Gasteiger partial charge on any atom is -0.385 e. The Balaban J connectivity index is 3.89. The average Bonchev–Trinajstić information content (AvgIpc) is 2.34. The van der Waals surface area contributed by atoms with Crippen molar-refractivity contribution in [3.05, 3.63) is 0 Å². The molecule has 17 heavy (non-hydrogen) atoms. The van der Waals surface area contributed by atoms with E-state index >= 15 is 0 Å². The lowest BCUT2D eigenvalue weighted by atomic mass is 10.1. The summed E-state index contributed by atoms with van der Waals surface area (Å²) in [6.45, 7) is 0.986. The summed E-state index contributed by atoms with van der Waals surface area (Å²) >= 11 is 0. The Hall–Kier alpha value is -1.14. The van der Waals surface area contributed by atoms with E-state index in [1.807, 2.05) is 0 Å². The van der Waals surface area contributed by atoms with Gasteiger partial charge in [-0.3, -0.25) is 9.59 Å². The maximum Gasteiger partial charge on any atom is 0.239 e. The normalized spacial score (nSPS) is 12.0. The van der Waals surface area contributed by atoms with Crippen LogP contribution in [0.4, 0.5) is 0 Å². The molecule has 0 bridgehead atoms. The molecule has 0 spiro atoms. The fraction of sp³-hybridized carbons (Fsp3) is 0.818. The number of hydrogen-bond donors (Lipinski definition) is 2. The number of nitrogens with two attached hydrogens (primary N) is 1. The van der Waals surface area contributed by atoms with Crippen molar-refractivity contribution in [2.75, 3.05) is 34.4 Å². The van der Waals surface area contributed by atoms with Crippen LogP contribution in [0.2, 0.25) is 0 Å². The third-order valence-electron chi connectivity index (χ3n) is 2.51. The molecule has 3 N–H and O–H groups in total. The van der Waals surface area contributed by atoms with Crippen LogP contribution in [0.3, 0.4) is 0 Å². The summed E-state index contributed by atoms with van der Waals surface area (Å²) in [5.41, 5.74) is 5.75. The monoisotopic (exact) mass is 245 g/mol. The molecule has 0 heterocycles. The molecule has 0 aromatic rings. The predicted octanol–water partition coefficient (Wildman–Crippen LogP) is -0.665. The molecule has 100 valence electrons. The van der Waals surface area contributed by atoms with Gasteiger partial charge in [-0.2, -0.15) is 0 Å².